The average molecular weight is 533 g/mol. The molecule has 1 N–H and O–H groups in total. The van der Waals surface area contributed by atoms with Gasteiger partial charge in [0.15, 0.2) is 11.5 Å². The summed E-state index contributed by atoms with van der Waals surface area (Å²) >= 11 is 6.04. The van der Waals surface area contributed by atoms with Crippen LogP contribution in [0.3, 0.4) is 0 Å². The number of ether oxygens (including phenoxy) is 3. The van der Waals surface area contributed by atoms with Crippen molar-refractivity contribution in [2.24, 2.45) is 5.41 Å². The molecule has 2 aromatic carbocycles. The Hall–Kier alpha value is -3.07. The summed E-state index contributed by atoms with van der Waals surface area (Å²) < 4.78 is 25.6. The zero-order valence-corrected chi connectivity index (χ0v) is 22.3. The normalized spacial score (nSPS) is 35.6. The van der Waals surface area contributed by atoms with E-state index in [0.29, 0.717) is 23.0 Å². The van der Waals surface area contributed by atoms with Crippen molar-refractivity contribution in [1.29, 1.82) is 0 Å². The lowest BCUT2D eigenvalue weighted by molar-refractivity contribution is -0.200. The van der Waals surface area contributed by atoms with E-state index in [4.69, 9.17) is 30.2 Å². The van der Waals surface area contributed by atoms with Crippen LogP contribution in [0, 0.1) is 5.41 Å². The first-order valence-electron chi connectivity index (χ1n) is 13.1. The van der Waals surface area contributed by atoms with Gasteiger partial charge in [-0.1, -0.05) is 34.9 Å². The predicted octanol–water partition coefficient (Wildman–Crippen LogP) is 4.86. The number of rotatable bonds is 5. The monoisotopic (exact) mass is 532 g/mol. The van der Waals surface area contributed by atoms with Crippen LogP contribution in [0.15, 0.2) is 53.0 Å². The van der Waals surface area contributed by atoms with Crippen LogP contribution in [0.2, 0.25) is 5.02 Å². The summed E-state index contributed by atoms with van der Waals surface area (Å²) in [6, 6.07) is 12.4. The Morgan fingerprint density at radius 3 is 2.74 bits per heavy atom. The summed E-state index contributed by atoms with van der Waals surface area (Å²) in [6.45, 7) is 1.01. The predicted molar refractivity (Wildman–Crippen MR) is 142 cm³/mol. The topological polar surface area (TPSA) is 81.9 Å². The SMILES string of the molecule is COc1ccc2c3c1O[C@H]1[C@@]4(OC)C=C[C@@]5(C[C@@H]4c4nnc(Nc6ccc(Cl)cc6)o4)[C@@H](C2)N(C)CC[C@]315. The van der Waals surface area contributed by atoms with Crippen molar-refractivity contribution in [3.8, 4) is 11.5 Å². The van der Waals surface area contributed by atoms with E-state index in [1.54, 1.807) is 14.2 Å². The highest BCUT2D eigenvalue weighted by atomic mass is 35.5. The summed E-state index contributed by atoms with van der Waals surface area (Å²) in [5.74, 6) is 2.05. The van der Waals surface area contributed by atoms with E-state index in [1.807, 2.05) is 24.3 Å². The van der Waals surface area contributed by atoms with Crippen LogP contribution in [-0.2, 0) is 16.6 Å². The van der Waals surface area contributed by atoms with E-state index in [0.717, 1.165) is 43.0 Å². The number of aromatic nitrogens is 2. The number of benzene rings is 2. The second-order valence-electron chi connectivity index (χ2n) is 11.3. The molecule has 196 valence electrons. The van der Waals surface area contributed by atoms with E-state index < -0.39 is 5.60 Å². The summed E-state index contributed by atoms with van der Waals surface area (Å²) in [7, 11) is 5.74. The second kappa shape index (κ2) is 7.52. The largest absolute Gasteiger partial charge is 0.493 e. The summed E-state index contributed by atoms with van der Waals surface area (Å²) in [5.41, 5.74) is 2.40. The molecule has 6 aliphatic rings. The molecular weight excluding hydrogens is 504 g/mol. The van der Waals surface area contributed by atoms with Gasteiger partial charge in [0, 0.05) is 34.8 Å². The molecule has 9 heteroatoms. The van der Waals surface area contributed by atoms with Crippen LogP contribution in [0.25, 0.3) is 0 Å². The molecule has 6 atom stereocenters. The summed E-state index contributed by atoms with van der Waals surface area (Å²) in [5, 5.41) is 12.8. The highest BCUT2D eigenvalue weighted by molar-refractivity contribution is 6.30. The number of hydrogen-bond donors (Lipinski definition) is 1. The molecule has 0 unspecified atom stereocenters. The van der Waals surface area contributed by atoms with Crippen molar-refractivity contribution < 1.29 is 18.6 Å². The summed E-state index contributed by atoms with van der Waals surface area (Å²) in [6.07, 6.45) is 7.23. The highest BCUT2D eigenvalue weighted by Crippen LogP contribution is 2.75. The van der Waals surface area contributed by atoms with Gasteiger partial charge in [0.1, 0.15) is 11.7 Å². The molecule has 3 aromatic rings. The number of hydrogen-bond acceptors (Lipinski definition) is 8. The van der Waals surface area contributed by atoms with Crippen molar-refractivity contribution in [2.75, 3.05) is 33.1 Å². The molecule has 1 saturated heterocycles. The number of nitrogens with zero attached hydrogens (tertiary/aromatic N) is 3. The zero-order valence-electron chi connectivity index (χ0n) is 21.5. The number of nitrogens with one attached hydrogen (secondary N) is 1. The molecule has 4 bridgehead atoms. The van der Waals surface area contributed by atoms with Crippen LogP contribution >= 0.6 is 11.6 Å². The van der Waals surface area contributed by atoms with Gasteiger partial charge in [-0.05, 0) is 68.8 Å². The summed E-state index contributed by atoms with van der Waals surface area (Å²) in [4.78, 5) is 2.53. The minimum Gasteiger partial charge on any atom is -0.493 e. The first-order chi connectivity index (χ1) is 18.5. The van der Waals surface area contributed by atoms with E-state index >= 15 is 0 Å². The van der Waals surface area contributed by atoms with Crippen LogP contribution in [0.4, 0.5) is 11.7 Å². The Labute approximate surface area is 225 Å². The maximum Gasteiger partial charge on any atom is 0.320 e. The zero-order chi connectivity index (χ0) is 25.9. The van der Waals surface area contributed by atoms with Crippen molar-refractivity contribution in [3.05, 3.63) is 70.6 Å². The highest BCUT2D eigenvalue weighted by Gasteiger charge is 2.79. The van der Waals surface area contributed by atoms with Crippen LogP contribution < -0.4 is 14.8 Å². The molecule has 0 radical (unpaired) electrons. The van der Waals surface area contributed by atoms with Gasteiger partial charge < -0.3 is 28.8 Å². The van der Waals surface area contributed by atoms with Gasteiger partial charge in [0.2, 0.25) is 5.89 Å². The third-order valence-electron chi connectivity index (χ3n) is 10.1. The molecule has 2 fully saturated rings. The number of anilines is 2. The fourth-order valence-corrected chi connectivity index (χ4v) is 8.69. The lowest BCUT2D eigenvalue weighted by Crippen LogP contribution is -2.78. The third-order valence-corrected chi connectivity index (χ3v) is 10.4. The first-order valence-corrected chi connectivity index (χ1v) is 13.5. The van der Waals surface area contributed by atoms with Crippen LogP contribution in [0.1, 0.15) is 35.8 Å². The van der Waals surface area contributed by atoms with Gasteiger partial charge in [-0.15, -0.1) is 5.10 Å². The van der Waals surface area contributed by atoms with E-state index in [9.17, 15) is 0 Å². The Bertz CT molecular complexity index is 1490. The molecule has 38 heavy (non-hydrogen) atoms. The van der Waals surface area contributed by atoms with Crippen molar-refractivity contribution >= 4 is 23.3 Å². The van der Waals surface area contributed by atoms with Gasteiger partial charge in [-0.3, -0.25) is 0 Å². The number of likely N-dealkylation sites (tertiary alicyclic amines) is 1. The van der Waals surface area contributed by atoms with Gasteiger partial charge in [0.05, 0.1) is 18.4 Å². The molecule has 1 aromatic heterocycles. The maximum atomic E-state index is 6.99. The standard InChI is InChI=1S/C29H29ClN4O4/c1-34-13-12-28-22-16-4-9-20(35-2)23(22)37-25(28)29(36-3)11-10-27(28,21(34)14-16)15-19(29)24-32-33-26(38-24)31-18-7-5-17(30)6-8-18/h4-11,19,21,25H,12-15H2,1-3H3,(H,31,33)/t19-,21-,25-,27-,28+,29-/m1/s1. The van der Waals surface area contributed by atoms with Crippen molar-refractivity contribution in [2.45, 2.75) is 48.3 Å². The Morgan fingerprint density at radius 2 is 1.95 bits per heavy atom. The van der Waals surface area contributed by atoms with Crippen molar-refractivity contribution in [1.82, 2.24) is 15.1 Å². The number of halogens is 1. The van der Waals surface area contributed by atoms with Gasteiger partial charge in [0.25, 0.3) is 0 Å². The van der Waals surface area contributed by atoms with Crippen LogP contribution in [-0.4, -0.2) is 60.7 Å². The van der Waals surface area contributed by atoms with Gasteiger partial charge in [-0.25, -0.2) is 0 Å². The minimum absolute atomic E-state index is 0.154. The fraction of sp³-hybridized carbons (Fsp3) is 0.448. The number of fused-ring (bicyclic) bond motifs is 1. The average Bonchev–Trinajstić information content (AvgIpc) is 3.55. The Kier molecular flexibility index (Phi) is 4.53. The lowest BCUT2D eigenvalue weighted by atomic mass is 9.37. The molecule has 4 aliphatic carbocycles. The first kappa shape index (κ1) is 22.9. The fourth-order valence-electron chi connectivity index (χ4n) is 8.57. The third kappa shape index (κ3) is 2.54. The second-order valence-corrected chi connectivity index (χ2v) is 11.8. The lowest BCUT2D eigenvalue weighted by Gasteiger charge is -2.70. The van der Waals surface area contributed by atoms with E-state index in [-0.39, 0.29) is 22.9 Å². The smallest absolute Gasteiger partial charge is 0.320 e. The number of likely N-dealkylation sites (N-methyl/N-ethyl adjacent to an activating group) is 1. The van der Waals surface area contributed by atoms with E-state index in [2.05, 4.69) is 51.7 Å². The quantitative estimate of drug-likeness (QED) is 0.466. The Morgan fingerprint density at radius 1 is 1.11 bits per heavy atom. The molecular formula is C29H29ClN4O4. The molecule has 2 spiro atoms. The number of methoxy groups -OCH3 is 2. The van der Waals surface area contributed by atoms with Crippen molar-refractivity contribution in [3.63, 3.8) is 0 Å². The maximum absolute atomic E-state index is 6.99. The Balaban J connectivity index is 1.27. The molecule has 0 amide bonds. The van der Waals surface area contributed by atoms with E-state index in [1.165, 1.54) is 11.1 Å². The molecule has 9 rings (SSSR count). The van der Waals surface area contributed by atoms with Gasteiger partial charge >= 0.3 is 6.01 Å². The molecule has 1 saturated carbocycles. The number of piperidine rings is 1. The molecule has 8 nitrogen and oxygen atoms in total. The minimum atomic E-state index is -0.759. The van der Waals surface area contributed by atoms with Gasteiger partial charge in [-0.2, -0.15) is 0 Å². The van der Waals surface area contributed by atoms with Crippen LogP contribution in [0.5, 0.6) is 11.5 Å². The molecule has 3 heterocycles. The molecule has 2 aliphatic heterocycles.